The highest BCUT2D eigenvalue weighted by Crippen LogP contribution is 2.11. The number of aryl methyl sites for hydroxylation is 1. The standard InChI is InChI=1S/C11H14O3S/c1-9-3-5-11(6-4-9)15(13)8-7-14-10(2)12/h3-6H,7-8H2,1-2H3. The lowest BCUT2D eigenvalue weighted by Gasteiger charge is -2.10. The molecular formula is C11H14O3S. The summed E-state index contributed by atoms with van der Waals surface area (Å²) in [6, 6.07) is 7.50. The fourth-order valence-electron chi connectivity index (χ4n) is 1.07. The third-order valence-electron chi connectivity index (χ3n) is 1.86. The van der Waals surface area contributed by atoms with E-state index in [1.165, 1.54) is 6.92 Å². The highest BCUT2D eigenvalue weighted by atomic mass is 32.2. The monoisotopic (exact) mass is 226 g/mol. The van der Waals surface area contributed by atoms with Crippen LogP contribution in [0.15, 0.2) is 29.2 Å². The van der Waals surface area contributed by atoms with Gasteiger partial charge < -0.3 is 9.29 Å². The van der Waals surface area contributed by atoms with E-state index in [1.807, 2.05) is 31.2 Å². The molecule has 0 aliphatic heterocycles. The summed E-state index contributed by atoms with van der Waals surface area (Å²) < 4.78 is 16.4. The van der Waals surface area contributed by atoms with Gasteiger partial charge in [-0.2, -0.15) is 0 Å². The highest BCUT2D eigenvalue weighted by Gasteiger charge is 2.10. The van der Waals surface area contributed by atoms with Gasteiger partial charge in [0.25, 0.3) is 0 Å². The first-order valence-electron chi connectivity index (χ1n) is 4.68. The zero-order valence-corrected chi connectivity index (χ0v) is 9.67. The van der Waals surface area contributed by atoms with Gasteiger partial charge in [-0.3, -0.25) is 4.79 Å². The third-order valence-corrected chi connectivity index (χ3v) is 3.19. The predicted octanol–water partition coefficient (Wildman–Crippen LogP) is 1.67. The molecule has 0 bridgehead atoms. The molecule has 4 heteroatoms. The average Bonchev–Trinajstić information content (AvgIpc) is 2.18. The van der Waals surface area contributed by atoms with Crippen LogP contribution < -0.4 is 0 Å². The number of esters is 1. The van der Waals surface area contributed by atoms with Crippen LogP contribution in [-0.2, 0) is 20.7 Å². The molecule has 0 saturated heterocycles. The van der Waals surface area contributed by atoms with Crippen molar-refractivity contribution >= 4 is 17.1 Å². The Balaban J connectivity index is 2.43. The van der Waals surface area contributed by atoms with Crippen molar-refractivity contribution < 1.29 is 14.1 Å². The number of carbonyl (C=O) groups is 1. The van der Waals surface area contributed by atoms with Gasteiger partial charge in [0.1, 0.15) is 12.4 Å². The molecule has 15 heavy (non-hydrogen) atoms. The lowest BCUT2D eigenvalue weighted by atomic mass is 10.2. The molecule has 3 nitrogen and oxygen atoms in total. The van der Waals surface area contributed by atoms with E-state index < -0.39 is 11.2 Å². The maximum atomic E-state index is 11.7. The van der Waals surface area contributed by atoms with Gasteiger partial charge in [0.2, 0.25) is 0 Å². The molecule has 0 aromatic heterocycles. The number of rotatable bonds is 4. The fourth-order valence-corrected chi connectivity index (χ4v) is 1.98. The van der Waals surface area contributed by atoms with Gasteiger partial charge in [-0.15, -0.1) is 0 Å². The van der Waals surface area contributed by atoms with Gasteiger partial charge in [-0.05, 0) is 30.2 Å². The molecule has 1 rings (SSSR count). The lowest BCUT2D eigenvalue weighted by Crippen LogP contribution is -2.14. The molecule has 82 valence electrons. The van der Waals surface area contributed by atoms with Gasteiger partial charge in [0.15, 0.2) is 4.90 Å². The predicted molar refractivity (Wildman–Crippen MR) is 59.1 cm³/mol. The van der Waals surface area contributed by atoms with Gasteiger partial charge in [0.05, 0.1) is 0 Å². The summed E-state index contributed by atoms with van der Waals surface area (Å²) in [6.45, 7) is 3.52. The molecule has 1 unspecified atom stereocenters. The van der Waals surface area contributed by atoms with Crippen LogP contribution in [-0.4, -0.2) is 22.9 Å². The Hall–Kier alpha value is -1.00. The number of benzene rings is 1. The first-order chi connectivity index (χ1) is 7.09. The quantitative estimate of drug-likeness (QED) is 0.579. The van der Waals surface area contributed by atoms with Gasteiger partial charge in [-0.1, -0.05) is 17.7 Å². The second-order valence-electron chi connectivity index (χ2n) is 3.20. The number of ether oxygens (including phenoxy) is 1. The Kier molecular flexibility index (Phi) is 4.65. The molecule has 0 spiro atoms. The molecule has 1 aromatic carbocycles. The normalized spacial score (nSPS) is 12.2. The Bertz CT molecular complexity index is 321. The Morgan fingerprint density at radius 3 is 2.53 bits per heavy atom. The Labute approximate surface area is 92.6 Å². The molecule has 1 atom stereocenters. The summed E-state index contributed by atoms with van der Waals surface area (Å²) in [5.41, 5.74) is 1.13. The Morgan fingerprint density at radius 1 is 1.40 bits per heavy atom. The first-order valence-corrected chi connectivity index (χ1v) is 6.00. The van der Waals surface area contributed by atoms with Crippen molar-refractivity contribution in [2.24, 2.45) is 0 Å². The van der Waals surface area contributed by atoms with Crippen molar-refractivity contribution in [3.63, 3.8) is 0 Å². The van der Waals surface area contributed by atoms with Crippen molar-refractivity contribution in [2.75, 3.05) is 12.4 Å². The molecule has 0 N–H and O–H groups in total. The van der Waals surface area contributed by atoms with Crippen molar-refractivity contribution in [3.05, 3.63) is 29.8 Å². The minimum atomic E-state index is -1.09. The van der Waals surface area contributed by atoms with Crippen LogP contribution in [0.1, 0.15) is 12.5 Å². The van der Waals surface area contributed by atoms with E-state index in [1.54, 1.807) is 0 Å². The second-order valence-corrected chi connectivity index (χ2v) is 4.77. The van der Waals surface area contributed by atoms with E-state index in [0.717, 1.165) is 10.5 Å². The summed E-state index contributed by atoms with van der Waals surface area (Å²) in [4.78, 5) is 11.3. The Morgan fingerprint density at radius 2 is 2.00 bits per heavy atom. The average molecular weight is 226 g/mol. The summed E-state index contributed by atoms with van der Waals surface area (Å²) in [5.74, 6) is 0.0127. The zero-order chi connectivity index (χ0) is 11.3. The van der Waals surface area contributed by atoms with Gasteiger partial charge in [0, 0.05) is 6.92 Å². The topological polar surface area (TPSA) is 49.4 Å². The highest BCUT2D eigenvalue weighted by molar-refractivity contribution is 7.91. The van der Waals surface area contributed by atoms with Crippen molar-refractivity contribution in [3.8, 4) is 0 Å². The molecular weight excluding hydrogens is 212 g/mol. The van der Waals surface area contributed by atoms with Crippen LogP contribution in [0.5, 0.6) is 0 Å². The first kappa shape index (κ1) is 12.1. The number of hydrogen-bond donors (Lipinski definition) is 0. The third kappa shape index (κ3) is 4.36. The number of hydrogen-bond acceptors (Lipinski definition) is 3. The van der Waals surface area contributed by atoms with Crippen LogP contribution in [0, 0.1) is 6.92 Å². The molecule has 0 aliphatic carbocycles. The van der Waals surface area contributed by atoms with Gasteiger partial charge >= 0.3 is 5.97 Å². The molecule has 0 amide bonds. The van der Waals surface area contributed by atoms with Crippen LogP contribution in [0.3, 0.4) is 0 Å². The van der Waals surface area contributed by atoms with E-state index in [2.05, 4.69) is 0 Å². The van der Waals surface area contributed by atoms with Crippen LogP contribution >= 0.6 is 0 Å². The largest absolute Gasteiger partial charge is 0.611 e. The van der Waals surface area contributed by atoms with Crippen molar-refractivity contribution in [1.82, 2.24) is 0 Å². The second kappa shape index (κ2) is 5.78. The number of carbonyl (C=O) groups excluding carboxylic acids is 1. The summed E-state index contributed by atoms with van der Waals surface area (Å²) in [6.07, 6.45) is 0. The smallest absolute Gasteiger partial charge is 0.302 e. The summed E-state index contributed by atoms with van der Waals surface area (Å²) in [7, 11) is 0. The maximum Gasteiger partial charge on any atom is 0.302 e. The molecule has 0 radical (unpaired) electrons. The minimum absolute atomic E-state index is 0.204. The molecule has 0 fully saturated rings. The van der Waals surface area contributed by atoms with Gasteiger partial charge in [-0.25, -0.2) is 0 Å². The van der Waals surface area contributed by atoms with Crippen LogP contribution in [0.25, 0.3) is 0 Å². The lowest BCUT2D eigenvalue weighted by molar-refractivity contribution is -0.140. The van der Waals surface area contributed by atoms with Crippen molar-refractivity contribution in [1.29, 1.82) is 0 Å². The van der Waals surface area contributed by atoms with E-state index in [4.69, 9.17) is 4.74 Å². The minimum Gasteiger partial charge on any atom is -0.611 e. The zero-order valence-electron chi connectivity index (χ0n) is 8.86. The van der Waals surface area contributed by atoms with Crippen molar-refractivity contribution in [2.45, 2.75) is 18.7 Å². The van der Waals surface area contributed by atoms with Crippen LogP contribution in [0.4, 0.5) is 0 Å². The molecule has 0 saturated carbocycles. The van der Waals surface area contributed by atoms with E-state index in [0.29, 0.717) is 5.75 Å². The SMILES string of the molecule is CC(=O)OCC[S+]([O-])c1ccc(C)cc1. The maximum absolute atomic E-state index is 11.7. The van der Waals surface area contributed by atoms with E-state index in [9.17, 15) is 9.35 Å². The van der Waals surface area contributed by atoms with E-state index in [-0.39, 0.29) is 12.6 Å². The summed E-state index contributed by atoms with van der Waals surface area (Å²) >= 11 is -1.09. The molecule has 0 aliphatic rings. The molecule has 1 aromatic rings. The summed E-state index contributed by atoms with van der Waals surface area (Å²) in [5, 5.41) is 0. The fraction of sp³-hybridized carbons (Fsp3) is 0.364. The van der Waals surface area contributed by atoms with E-state index >= 15 is 0 Å². The molecule has 0 heterocycles. The van der Waals surface area contributed by atoms with Crippen LogP contribution in [0.2, 0.25) is 0 Å².